The van der Waals surface area contributed by atoms with Crippen molar-refractivity contribution in [3.8, 4) is 11.1 Å². The number of rotatable bonds is 4. The summed E-state index contributed by atoms with van der Waals surface area (Å²) in [5.41, 5.74) is 3.68. The fourth-order valence-electron chi connectivity index (χ4n) is 3.47. The fraction of sp³-hybridized carbons (Fsp3) is 0.350. The molecule has 0 saturated carbocycles. The standard InChI is InChI=1S/C20H22ClNO3/c1-13-7-18(21)5-6-19(13)14-3-2-4-15(8-14)20(25)22-9-16(11-23)17(10-22)12-24/h2-8,16-17,23-24H,9-12H2,1H3/t16-,17-/m0/s1. The minimum Gasteiger partial charge on any atom is -0.396 e. The molecule has 3 rings (SSSR count). The molecule has 25 heavy (non-hydrogen) atoms. The van der Waals surface area contributed by atoms with Crippen molar-refractivity contribution in [1.29, 1.82) is 0 Å². The summed E-state index contributed by atoms with van der Waals surface area (Å²) in [6.07, 6.45) is 0. The highest BCUT2D eigenvalue weighted by molar-refractivity contribution is 6.30. The Morgan fingerprint density at radius 2 is 1.80 bits per heavy atom. The van der Waals surface area contributed by atoms with Crippen molar-refractivity contribution in [3.63, 3.8) is 0 Å². The molecule has 1 amide bonds. The molecule has 0 radical (unpaired) electrons. The lowest BCUT2D eigenvalue weighted by Crippen LogP contribution is -2.29. The first-order chi connectivity index (χ1) is 12.0. The summed E-state index contributed by atoms with van der Waals surface area (Å²) in [4.78, 5) is 14.6. The fourth-order valence-corrected chi connectivity index (χ4v) is 3.70. The van der Waals surface area contributed by atoms with Crippen molar-refractivity contribution in [2.75, 3.05) is 26.3 Å². The highest BCUT2D eigenvalue weighted by atomic mass is 35.5. The van der Waals surface area contributed by atoms with Crippen LogP contribution in [0, 0.1) is 18.8 Å². The van der Waals surface area contributed by atoms with Crippen LogP contribution in [0.1, 0.15) is 15.9 Å². The molecule has 0 aliphatic carbocycles. The molecule has 1 heterocycles. The zero-order valence-electron chi connectivity index (χ0n) is 14.2. The number of aliphatic hydroxyl groups excluding tert-OH is 2. The average Bonchev–Trinajstić information content (AvgIpc) is 3.04. The summed E-state index contributed by atoms with van der Waals surface area (Å²) >= 11 is 6.03. The number of benzene rings is 2. The molecule has 2 aromatic rings. The van der Waals surface area contributed by atoms with Crippen molar-refractivity contribution >= 4 is 17.5 Å². The van der Waals surface area contributed by atoms with Crippen LogP contribution >= 0.6 is 11.6 Å². The van der Waals surface area contributed by atoms with Crippen LogP contribution in [-0.4, -0.2) is 47.3 Å². The van der Waals surface area contributed by atoms with E-state index in [9.17, 15) is 15.0 Å². The van der Waals surface area contributed by atoms with Crippen LogP contribution in [0.2, 0.25) is 5.02 Å². The molecule has 1 saturated heterocycles. The van der Waals surface area contributed by atoms with Crippen molar-refractivity contribution in [2.24, 2.45) is 11.8 Å². The third-order valence-electron chi connectivity index (χ3n) is 4.94. The molecular weight excluding hydrogens is 338 g/mol. The minimum absolute atomic E-state index is 0.0149. The van der Waals surface area contributed by atoms with Crippen molar-refractivity contribution in [2.45, 2.75) is 6.92 Å². The summed E-state index contributed by atoms with van der Waals surface area (Å²) in [5.74, 6) is -0.186. The van der Waals surface area contributed by atoms with Crippen LogP contribution in [0.3, 0.4) is 0 Å². The summed E-state index contributed by atoms with van der Waals surface area (Å²) < 4.78 is 0. The topological polar surface area (TPSA) is 60.8 Å². The molecule has 2 aromatic carbocycles. The number of carbonyl (C=O) groups is 1. The highest BCUT2D eigenvalue weighted by Gasteiger charge is 2.34. The number of aryl methyl sites for hydroxylation is 1. The zero-order chi connectivity index (χ0) is 18.0. The first-order valence-electron chi connectivity index (χ1n) is 8.41. The third-order valence-corrected chi connectivity index (χ3v) is 5.18. The van der Waals surface area contributed by atoms with Crippen LogP contribution in [0.5, 0.6) is 0 Å². The lowest BCUT2D eigenvalue weighted by atomic mass is 9.98. The third kappa shape index (κ3) is 3.71. The van der Waals surface area contributed by atoms with Gasteiger partial charge in [0, 0.05) is 48.7 Å². The van der Waals surface area contributed by atoms with Crippen molar-refractivity contribution < 1.29 is 15.0 Å². The molecule has 2 atom stereocenters. The first kappa shape index (κ1) is 17.9. The highest BCUT2D eigenvalue weighted by Crippen LogP contribution is 2.28. The predicted molar refractivity (Wildman–Crippen MR) is 98.7 cm³/mol. The molecule has 0 aromatic heterocycles. The molecule has 0 unspecified atom stereocenters. The number of likely N-dealkylation sites (tertiary alicyclic amines) is 1. The Kier molecular flexibility index (Phi) is 5.42. The van der Waals surface area contributed by atoms with E-state index in [1.165, 1.54) is 0 Å². The van der Waals surface area contributed by atoms with E-state index in [0.717, 1.165) is 16.7 Å². The van der Waals surface area contributed by atoms with Gasteiger partial charge in [-0.2, -0.15) is 0 Å². The number of amides is 1. The maximum absolute atomic E-state index is 12.8. The lowest BCUT2D eigenvalue weighted by Gasteiger charge is -2.17. The molecular formula is C20H22ClNO3. The average molecular weight is 360 g/mol. The maximum atomic E-state index is 12.8. The van der Waals surface area contributed by atoms with Gasteiger partial charge in [-0.15, -0.1) is 0 Å². The largest absolute Gasteiger partial charge is 0.396 e. The molecule has 132 valence electrons. The minimum atomic E-state index is -0.0668. The van der Waals surface area contributed by atoms with E-state index in [1.807, 2.05) is 43.3 Å². The Bertz CT molecular complexity index is 765. The number of aliphatic hydroxyl groups is 2. The molecule has 0 spiro atoms. The second-order valence-corrected chi connectivity index (χ2v) is 7.07. The molecule has 5 heteroatoms. The SMILES string of the molecule is Cc1cc(Cl)ccc1-c1cccc(C(=O)N2C[C@@H](CO)[C@H](CO)C2)c1. The van der Waals surface area contributed by atoms with Gasteiger partial charge in [-0.3, -0.25) is 4.79 Å². The van der Waals surface area contributed by atoms with E-state index >= 15 is 0 Å². The monoisotopic (exact) mass is 359 g/mol. The Morgan fingerprint density at radius 1 is 1.12 bits per heavy atom. The molecule has 1 fully saturated rings. The van der Waals surface area contributed by atoms with E-state index < -0.39 is 0 Å². The number of nitrogens with zero attached hydrogens (tertiary/aromatic N) is 1. The van der Waals surface area contributed by atoms with Crippen LogP contribution in [0.15, 0.2) is 42.5 Å². The Balaban J connectivity index is 1.85. The van der Waals surface area contributed by atoms with E-state index in [4.69, 9.17) is 11.6 Å². The smallest absolute Gasteiger partial charge is 0.253 e. The molecule has 1 aliphatic rings. The molecule has 0 bridgehead atoms. The number of hydrogen-bond acceptors (Lipinski definition) is 3. The summed E-state index contributed by atoms with van der Waals surface area (Å²) in [6.45, 7) is 2.92. The maximum Gasteiger partial charge on any atom is 0.253 e. The van der Waals surface area contributed by atoms with E-state index in [2.05, 4.69) is 0 Å². The summed E-state index contributed by atoms with van der Waals surface area (Å²) in [7, 11) is 0. The van der Waals surface area contributed by atoms with Crippen LogP contribution in [0.4, 0.5) is 0 Å². The van der Waals surface area contributed by atoms with Crippen molar-refractivity contribution in [3.05, 3.63) is 58.6 Å². The van der Waals surface area contributed by atoms with Crippen LogP contribution in [-0.2, 0) is 0 Å². The van der Waals surface area contributed by atoms with Gasteiger partial charge in [0.25, 0.3) is 5.91 Å². The Hall–Kier alpha value is -1.88. The summed E-state index contributed by atoms with van der Waals surface area (Å²) in [5, 5.41) is 19.5. The van der Waals surface area contributed by atoms with Crippen molar-refractivity contribution in [1.82, 2.24) is 4.90 Å². The Morgan fingerprint density at radius 3 is 2.40 bits per heavy atom. The molecule has 2 N–H and O–H groups in total. The molecule has 4 nitrogen and oxygen atoms in total. The van der Waals surface area contributed by atoms with Gasteiger partial charge in [0.2, 0.25) is 0 Å². The summed E-state index contributed by atoms with van der Waals surface area (Å²) in [6, 6.07) is 13.3. The lowest BCUT2D eigenvalue weighted by molar-refractivity contribution is 0.0778. The number of carbonyl (C=O) groups excluding carboxylic acids is 1. The molecule has 1 aliphatic heterocycles. The quantitative estimate of drug-likeness (QED) is 0.882. The first-order valence-corrected chi connectivity index (χ1v) is 8.79. The van der Waals surface area contributed by atoms with Gasteiger partial charge in [0.1, 0.15) is 0 Å². The van der Waals surface area contributed by atoms with Gasteiger partial charge in [-0.25, -0.2) is 0 Å². The van der Waals surface area contributed by atoms with Gasteiger partial charge in [0.15, 0.2) is 0 Å². The van der Waals surface area contributed by atoms with Gasteiger partial charge in [-0.05, 0) is 47.9 Å². The second-order valence-electron chi connectivity index (χ2n) is 6.64. The number of hydrogen-bond donors (Lipinski definition) is 2. The van der Waals surface area contributed by atoms with Gasteiger partial charge in [0.05, 0.1) is 0 Å². The van der Waals surface area contributed by atoms with Gasteiger partial charge >= 0.3 is 0 Å². The van der Waals surface area contributed by atoms with E-state index in [-0.39, 0.29) is 31.0 Å². The normalized spacial score (nSPS) is 20.1. The Labute approximate surface area is 152 Å². The van der Waals surface area contributed by atoms with Gasteiger partial charge < -0.3 is 15.1 Å². The van der Waals surface area contributed by atoms with E-state index in [1.54, 1.807) is 11.0 Å². The van der Waals surface area contributed by atoms with Gasteiger partial charge in [-0.1, -0.05) is 29.8 Å². The number of halogens is 1. The van der Waals surface area contributed by atoms with Crippen LogP contribution in [0.25, 0.3) is 11.1 Å². The van der Waals surface area contributed by atoms with E-state index in [0.29, 0.717) is 23.7 Å². The van der Waals surface area contributed by atoms with Crippen LogP contribution < -0.4 is 0 Å². The second kappa shape index (κ2) is 7.56. The zero-order valence-corrected chi connectivity index (χ0v) is 14.9. The predicted octanol–water partition coefficient (Wildman–Crippen LogP) is 2.99.